The van der Waals surface area contributed by atoms with Crippen LogP contribution in [0.5, 0.6) is 28.7 Å². The first-order chi connectivity index (χ1) is 13.5. The molecule has 150 valence electrons. The molecule has 8 heteroatoms. The Bertz CT molecular complexity index is 914. The maximum absolute atomic E-state index is 12.5. The summed E-state index contributed by atoms with van der Waals surface area (Å²) < 4.78 is 28.2. The van der Waals surface area contributed by atoms with Crippen LogP contribution in [0.15, 0.2) is 22.7 Å². The number of carbonyl (C=O) groups excluding carboxylic acids is 1. The number of carbonyl (C=O) groups is 1. The zero-order valence-corrected chi connectivity index (χ0v) is 17.9. The molecule has 1 amide bonds. The first kappa shape index (κ1) is 20.1. The number of benzene rings is 2. The van der Waals surface area contributed by atoms with Crippen LogP contribution in [0.2, 0.25) is 0 Å². The summed E-state index contributed by atoms with van der Waals surface area (Å²) in [5.74, 6) is 2.25. The number of fused-ring (bicyclic) bond motifs is 1. The highest BCUT2D eigenvalue weighted by Gasteiger charge is 2.34. The lowest BCUT2D eigenvalue weighted by Crippen LogP contribution is -2.24. The molecule has 0 bridgehead atoms. The summed E-state index contributed by atoms with van der Waals surface area (Å²) in [5, 5.41) is 2.91. The molecule has 0 radical (unpaired) electrons. The summed E-state index contributed by atoms with van der Waals surface area (Å²) >= 11 is 3.60. The number of nitrogens with one attached hydrogen (secondary N) is 1. The van der Waals surface area contributed by atoms with Gasteiger partial charge in [-0.3, -0.25) is 4.79 Å². The molecule has 28 heavy (non-hydrogen) atoms. The van der Waals surface area contributed by atoms with E-state index in [9.17, 15) is 4.79 Å². The predicted octanol–water partition coefficient (Wildman–Crippen LogP) is 3.97. The monoisotopic (exact) mass is 451 g/mol. The van der Waals surface area contributed by atoms with Crippen LogP contribution in [0.1, 0.15) is 23.5 Å². The van der Waals surface area contributed by atoms with Crippen molar-refractivity contribution in [2.45, 2.75) is 12.3 Å². The Balaban J connectivity index is 2.28. The number of methoxy groups -OCH3 is 5. The van der Waals surface area contributed by atoms with E-state index in [1.54, 1.807) is 34.5 Å². The van der Waals surface area contributed by atoms with Crippen molar-refractivity contribution >= 4 is 27.5 Å². The number of halogens is 1. The van der Waals surface area contributed by atoms with Crippen molar-refractivity contribution in [3.05, 3.63) is 33.8 Å². The Labute approximate surface area is 172 Å². The average Bonchev–Trinajstić information content (AvgIpc) is 2.71. The van der Waals surface area contributed by atoms with Crippen molar-refractivity contribution < 1.29 is 28.5 Å². The standard InChI is InChI=1S/C20H22BrNO6/c1-24-14-6-10(12(21)8-15(14)25-2)11-7-17(23)22-13-9-16(26-3)19(27-4)20(28-5)18(11)13/h6,8-9,11H,7H2,1-5H3,(H,22,23)/t11-/m0/s1. The van der Waals surface area contributed by atoms with E-state index < -0.39 is 0 Å². The molecule has 0 unspecified atom stereocenters. The normalized spacial score (nSPS) is 15.4. The third-order valence-corrected chi connectivity index (χ3v) is 5.45. The fraction of sp³-hybridized carbons (Fsp3) is 0.350. The van der Waals surface area contributed by atoms with E-state index in [2.05, 4.69) is 21.2 Å². The van der Waals surface area contributed by atoms with Crippen LogP contribution in [0.3, 0.4) is 0 Å². The van der Waals surface area contributed by atoms with Gasteiger partial charge in [0.25, 0.3) is 0 Å². The Morgan fingerprint density at radius 2 is 1.46 bits per heavy atom. The zero-order valence-electron chi connectivity index (χ0n) is 16.3. The number of rotatable bonds is 6. The number of ether oxygens (including phenoxy) is 5. The van der Waals surface area contributed by atoms with Gasteiger partial charge in [0.15, 0.2) is 23.0 Å². The van der Waals surface area contributed by atoms with Crippen LogP contribution >= 0.6 is 15.9 Å². The molecule has 1 N–H and O–H groups in total. The largest absolute Gasteiger partial charge is 0.493 e. The first-order valence-corrected chi connectivity index (χ1v) is 9.32. The van der Waals surface area contributed by atoms with Gasteiger partial charge in [0.05, 0.1) is 41.2 Å². The van der Waals surface area contributed by atoms with E-state index >= 15 is 0 Å². The van der Waals surface area contributed by atoms with Crippen molar-refractivity contribution in [2.24, 2.45) is 0 Å². The van der Waals surface area contributed by atoms with Gasteiger partial charge in [0.2, 0.25) is 11.7 Å². The highest BCUT2D eigenvalue weighted by Crippen LogP contribution is 2.52. The van der Waals surface area contributed by atoms with Crippen LogP contribution in [0.25, 0.3) is 0 Å². The van der Waals surface area contributed by atoms with Gasteiger partial charge < -0.3 is 29.0 Å². The fourth-order valence-electron chi connectivity index (χ4n) is 3.52. The van der Waals surface area contributed by atoms with Crippen LogP contribution in [-0.2, 0) is 4.79 Å². The maximum Gasteiger partial charge on any atom is 0.225 e. The van der Waals surface area contributed by atoms with Crippen molar-refractivity contribution in [1.29, 1.82) is 0 Å². The summed E-state index contributed by atoms with van der Waals surface area (Å²) in [5.41, 5.74) is 2.31. The molecule has 3 rings (SSSR count). The summed E-state index contributed by atoms with van der Waals surface area (Å²) in [6, 6.07) is 5.44. The van der Waals surface area contributed by atoms with E-state index in [4.69, 9.17) is 23.7 Å². The quantitative estimate of drug-likeness (QED) is 0.715. The number of hydrogen-bond donors (Lipinski definition) is 1. The van der Waals surface area contributed by atoms with Gasteiger partial charge in [-0.05, 0) is 17.7 Å². The summed E-state index contributed by atoms with van der Waals surface area (Å²) in [6.45, 7) is 0. The minimum Gasteiger partial charge on any atom is -0.493 e. The van der Waals surface area contributed by atoms with E-state index in [0.717, 1.165) is 15.6 Å². The Hall–Kier alpha value is -2.61. The van der Waals surface area contributed by atoms with Crippen molar-refractivity contribution in [2.75, 3.05) is 40.9 Å². The van der Waals surface area contributed by atoms with Crippen molar-refractivity contribution in [3.8, 4) is 28.7 Å². The molecule has 0 spiro atoms. The Morgan fingerprint density at radius 3 is 2.04 bits per heavy atom. The SMILES string of the molecule is COc1cc(Br)c([C@@H]2CC(=O)Nc3cc(OC)c(OC)c(OC)c32)cc1OC. The molecule has 1 aliphatic rings. The Kier molecular flexibility index (Phi) is 5.88. The number of hydrogen-bond acceptors (Lipinski definition) is 6. The molecular formula is C20H22BrNO6. The second-order valence-electron chi connectivity index (χ2n) is 6.14. The van der Waals surface area contributed by atoms with Crippen LogP contribution in [0.4, 0.5) is 5.69 Å². The lowest BCUT2D eigenvalue weighted by molar-refractivity contribution is -0.116. The third kappa shape index (κ3) is 3.32. The molecule has 7 nitrogen and oxygen atoms in total. The van der Waals surface area contributed by atoms with Crippen molar-refractivity contribution in [1.82, 2.24) is 0 Å². The minimum absolute atomic E-state index is 0.103. The molecule has 1 heterocycles. The van der Waals surface area contributed by atoms with Crippen molar-refractivity contribution in [3.63, 3.8) is 0 Å². The van der Waals surface area contributed by atoms with Crippen LogP contribution in [0, 0.1) is 0 Å². The molecular weight excluding hydrogens is 430 g/mol. The number of amides is 1. The average molecular weight is 452 g/mol. The lowest BCUT2D eigenvalue weighted by atomic mass is 9.83. The topological polar surface area (TPSA) is 75.3 Å². The maximum atomic E-state index is 12.5. The van der Waals surface area contributed by atoms with Gasteiger partial charge in [-0.15, -0.1) is 0 Å². The Morgan fingerprint density at radius 1 is 0.857 bits per heavy atom. The molecule has 2 aromatic rings. The van der Waals surface area contributed by atoms with Gasteiger partial charge in [0, 0.05) is 28.4 Å². The van der Waals surface area contributed by atoms with E-state index in [-0.39, 0.29) is 18.2 Å². The molecule has 1 aliphatic heterocycles. The van der Waals surface area contributed by atoms with Gasteiger partial charge in [-0.2, -0.15) is 0 Å². The van der Waals surface area contributed by atoms with Crippen LogP contribution in [-0.4, -0.2) is 41.5 Å². The number of anilines is 1. The molecule has 2 aromatic carbocycles. The minimum atomic E-state index is -0.285. The third-order valence-electron chi connectivity index (χ3n) is 4.76. The van der Waals surface area contributed by atoms with Gasteiger partial charge in [0.1, 0.15) is 0 Å². The van der Waals surface area contributed by atoms with E-state index in [1.165, 1.54) is 7.11 Å². The summed E-state index contributed by atoms with van der Waals surface area (Å²) in [4.78, 5) is 12.5. The molecule has 0 saturated heterocycles. The van der Waals surface area contributed by atoms with Gasteiger partial charge in [-0.1, -0.05) is 15.9 Å². The molecule has 0 aliphatic carbocycles. The van der Waals surface area contributed by atoms with Crippen LogP contribution < -0.4 is 29.0 Å². The lowest BCUT2D eigenvalue weighted by Gasteiger charge is -2.30. The highest BCUT2D eigenvalue weighted by atomic mass is 79.9. The first-order valence-electron chi connectivity index (χ1n) is 8.53. The summed E-state index contributed by atoms with van der Waals surface area (Å²) in [6.07, 6.45) is 0.243. The smallest absolute Gasteiger partial charge is 0.225 e. The summed E-state index contributed by atoms with van der Waals surface area (Å²) in [7, 11) is 7.81. The highest BCUT2D eigenvalue weighted by molar-refractivity contribution is 9.10. The second kappa shape index (κ2) is 8.18. The molecule has 1 atom stereocenters. The molecule has 0 saturated carbocycles. The zero-order chi connectivity index (χ0) is 20.4. The van der Waals surface area contributed by atoms with Gasteiger partial charge in [-0.25, -0.2) is 0 Å². The predicted molar refractivity (Wildman–Crippen MR) is 108 cm³/mol. The van der Waals surface area contributed by atoms with E-state index in [0.29, 0.717) is 34.4 Å². The molecule has 0 fully saturated rings. The fourth-order valence-corrected chi connectivity index (χ4v) is 4.12. The molecule has 0 aromatic heterocycles. The second-order valence-corrected chi connectivity index (χ2v) is 6.99. The van der Waals surface area contributed by atoms with Gasteiger partial charge >= 0.3 is 0 Å². The van der Waals surface area contributed by atoms with E-state index in [1.807, 2.05) is 12.1 Å².